The van der Waals surface area contributed by atoms with E-state index >= 15 is 0 Å². The Morgan fingerprint density at radius 2 is 1.95 bits per heavy atom. The highest BCUT2D eigenvalue weighted by Gasteiger charge is 2.25. The third-order valence-electron chi connectivity index (χ3n) is 4.83. The minimum Gasteiger partial charge on any atom is -0.310 e. The van der Waals surface area contributed by atoms with Crippen molar-refractivity contribution in [2.75, 3.05) is 0 Å². The van der Waals surface area contributed by atoms with E-state index in [9.17, 15) is 0 Å². The number of nitrogens with one attached hydrogen (secondary N) is 1. The highest BCUT2D eigenvalue weighted by molar-refractivity contribution is 5.24. The Bertz CT molecular complexity index is 436. The van der Waals surface area contributed by atoms with E-state index in [1.807, 2.05) is 11.7 Å². The number of aryl methyl sites for hydroxylation is 1. The average Bonchev–Trinajstić information content (AvgIpc) is 2.82. The summed E-state index contributed by atoms with van der Waals surface area (Å²) in [5.41, 5.74) is 2.71. The molecule has 3 heteroatoms. The molecular formula is C18H33N3. The Hall–Kier alpha value is -0.830. The maximum atomic E-state index is 4.67. The van der Waals surface area contributed by atoms with Gasteiger partial charge < -0.3 is 5.32 Å². The molecule has 1 aromatic rings. The van der Waals surface area contributed by atoms with Crippen LogP contribution in [0.1, 0.15) is 77.5 Å². The van der Waals surface area contributed by atoms with Crippen molar-refractivity contribution in [3.63, 3.8) is 0 Å². The number of hydrogen-bond acceptors (Lipinski definition) is 2. The lowest BCUT2D eigenvalue weighted by atomic mass is 9.82. The van der Waals surface area contributed by atoms with E-state index in [4.69, 9.17) is 0 Å². The van der Waals surface area contributed by atoms with Gasteiger partial charge in [-0.05, 0) is 25.2 Å². The Morgan fingerprint density at radius 3 is 2.52 bits per heavy atom. The SMILES string of the molecule is CCC(NCc1cn(C)nc1C(C)(C)C)C1CCCCC1. The van der Waals surface area contributed by atoms with Crippen molar-refractivity contribution in [1.29, 1.82) is 0 Å². The molecule has 1 saturated carbocycles. The van der Waals surface area contributed by atoms with Crippen molar-refractivity contribution in [1.82, 2.24) is 15.1 Å². The van der Waals surface area contributed by atoms with E-state index < -0.39 is 0 Å². The first-order chi connectivity index (χ1) is 9.91. The van der Waals surface area contributed by atoms with Crippen molar-refractivity contribution >= 4 is 0 Å². The first-order valence-electron chi connectivity index (χ1n) is 8.68. The summed E-state index contributed by atoms with van der Waals surface area (Å²) in [5, 5.41) is 8.50. The second kappa shape index (κ2) is 6.95. The molecule has 1 N–H and O–H groups in total. The van der Waals surface area contributed by atoms with Gasteiger partial charge in [-0.15, -0.1) is 0 Å². The molecule has 3 nitrogen and oxygen atoms in total. The first-order valence-corrected chi connectivity index (χ1v) is 8.68. The normalized spacial score (nSPS) is 18.9. The third kappa shape index (κ3) is 4.32. The highest BCUT2D eigenvalue weighted by atomic mass is 15.3. The van der Waals surface area contributed by atoms with Gasteiger partial charge in [0.1, 0.15) is 0 Å². The second-order valence-corrected chi connectivity index (χ2v) is 7.72. The van der Waals surface area contributed by atoms with E-state index in [2.05, 4.69) is 44.3 Å². The standard InChI is InChI=1S/C18H33N3/c1-6-16(14-10-8-7-9-11-14)19-12-15-13-21(5)20-17(15)18(2,3)4/h13-14,16,19H,6-12H2,1-5H3. The van der Waals surface area contributed by atoms with Crippen LogP contribution in [0.2, 0.25) is 0 Å². The molecule has 1 atom stereocenters. The highest BCUT2D eigenvalue weighted by Crippen LogP contribution is 2.29. The molecule has 0 aromatic carbocycles. The van der Waals surface area contributed by atoms with Crippen molar-refractivity contribution in [2.45, 2.75) is 84.2 Å². The maximum absolute atomic E-state index is 4.67. The van der Waals surface area contributed by atoms with E-state index in [1.165, 1.54) is 49.8 Å². The third-order valence-corrected chi connectivity index (χ3v) is 4.83. The van der Waals surface area contributed by atoms with Gasteiger partial charge in [-0.25, -0.2) is 0 Å². The van der Waals surface area contributed by atoms with Gasteiger partial charge in [-0.1, -0.05) is 47.0 Å². The van der Waals surface area contributed by atoms with E-state index in [0.717, 1.165) is 12.5 Å². The fourth-order valence-corrected chi connectivity index (χ4v) is 3.72. The maximum Gasteiger partial charge on any atom is 0.0722 e. The van der Waals surface area contributed by atoms with Crippen molar-refractivity contribution in [3.05, 3.63) is 17.5 Å². The van der Waals surface area contributed by atoms with E-state index in [1.54, 1.807) is 0 Å². The van der Waals surface area contributed by atoms with Crippen LogP contribution < -0.4 is 5.32 Å². The van der Waals surface area contributed by atoms with Crippen LogP contribution >= 0.6 is 0 Å². The Morgan fingerprint density at radius 1 is 1.29 bits per heavy atom. The lowest BCUT2D eigenvalue weighted by molar-refractivity contribution is 0.261. The smallest absolute Gasteiger partial charge is 0.0722 e. The zero-order chi connectivity index (χ0) is 15.5. The number of rotatable bonds is 5. The molecule has 21 heavy (non-hydrogen) atoms. The van der Waals surface area contributed by atoms with Crippen LogP contribution in [-0.2, 0) is 19.0 Å². The van der Waals surface area contributed by atoms with Crippen molar-refractivity contribution < 1.29 is 0 Å². The second-order valence-electron chi connectivity index (χ2n) is 7.72. The van der Waals surface area contributed by atoms with Gasteiger partial charge in [0.05, 0.1) is 5.69 Å². The van der Waals surface area contributed by atoms with Gasteiger partial charge in [0, 0.05) is 36.8 Å². The Balaban J connectivity index is 2.01. The van der Waals surface area contributed by atoms with Gasteiger partial charge in [-0.2, -0.15) is 5.10 Å². The van der Waals surface area contributed by atoms with Crippen LogP contribution in [0.5, 0.6) is 0 Å². The molecule has 1 aromatic heterocycles. The summed E-state index contributed by atoms with van der Waals surface area (Å²) in [7, 11) is 2.02. The molecule has 0 spiro atoms. The molecule has 1 fully saturated rings. The number of hydrogen-bond donors (Lipinski definition) is 1. The first kappa shape index (κ1) is 16.5. The summed E-state index contributed by atoms with van der Waals surface area (Å²) in [6, 6.07) is 0.665. The Labute approximate surface area is 130 Å². The molecule has 120 valence electrons. The van der Waals surface area contributed by atoms with Crippen LogP contribution in [0.15, 0.2) is 6.20 Å². The summed E-state index contributed by atoms with van der Waals surface area (Å²) in [6.45, 7) is 10.0. The van der Waals surface area contributed by atoms with Crippen LogP contribution in [0.4, 0.5) is 0 Å². The predicted octanol–water partition coefficient (Wildman–Crippen LogP) is 4.17. The zero-order valence-electron chi connectivity index (χ0n) is 14.6. The number of nitrogens with zero attached hydrogens (tertiary/aromatic N) is 2. The molecule has 0 aliphatic heterocycles. The monoisotopic (exact) mass is 291 g/mol. The van der Waals surface area contributed by atoms with Crippen molar-refractivity contribution in [3.8, 4) is 0 Å². The Kier molecular flexibility index (Phi) is 5.48. The van der Waals surface area contributed by atoms with E-state index in [-0.39, 0.29) is 5.41 Å². The molecule has 1 aliphatic rings. The zero-order valence-corrected chi connectivity index (χ0v) is 14.6. The van der Waals surface area contributed by atoms with Gasteiger partial charge in [-0.3, -0.25) is 4.68 Å². The number of aromatic nitrogens is 2. The quantitative estimate of drug-likeness (QED) is 0.882. The summed E-state index contributed by atoms with van der Waals surface area (Å²) in [6.07, 6.45) is 10.5. The largest absolute Gasteiger partial charge is 0.310 e. The van der Waals surface area contributed by atoms with Gasteiger partial charge >= 0.3 is 0 Å². The fourth-order valence-electron chi connectivity index (χ4n) is 3.72. The summed E-state index contributed by atoms with van der Waals surface area (Å²) < 4.78 is 1.96. The van der Waals surface area contributed by atoms with Crippen LogP contribution in [0.3, 0.4) is 0 Å². The topological polar surface area (TPSA) is 29.9 Å². The molecule has 0 saturated heterocycles. The molecule has 2 rings (SSSR count). The van der Waals surface area contributed by atoms with Gasteiger partial charge in [0.15, 0.2) is 0 Å². The fraction of sp³-hybridized carbons (Fsp3) is 0.833. The van der Waals surface area contributed by atoms with E-state index in [0.29, 0.717) is 6.04 Å². The van der Waals surface area contributed by atoms with Crippen LogP contribution in [0, 0.1) is 5.92 Å². The molecule has 1 unspecified atom stereocenters. The predicted molar refractivity (Wildman–Crippen MR) is 89.4 cm³/mol. The molecule has 0 radical (unpaired) electrons. The molecule has 0 bridgehead atoms. The minimum absolute atomic E-state index is 0.116. The molecule has 0 amide bonds. The average molecular weight is 291 g/mol. The van der Waals surface area contributed by atoms with Gasteiger partial charge in [0.25, 0.3) is 0 Å². The summed E-state index contributed by atoms with van der Waals surface area (Å²) in [4.78, 5) is 0. The van der Waals surface area contributed by atoms with Crippen LogP contribution in [0.25, 0.3) is 0 Å². The van der Waals surface area contributed by atoms with Gasteiger partial charge in [0.2, 0.25) is 0 Å². The minimum atomic E-state index is 0.116. The lowest BCUT2D eigenvalue weighted by Crippen LogP contribution is -2.36. The molecule has 1 heterocycles. The van der Waals surface area contributed by atoms with Crippen LogP contribution in [-0.4, -0.2) is 15.8 Å². The summed E-state index contributed by atoms with van der Waals surface area (Å²) >= 11 is 0. The van der Waals surface area contributed by atoms with Crippen molar-refractivity contribution in [2.24, 2.45) is 13.0 Å². The summed E-state index contributed by atoms with van der Waals surface area (Å²) in [5.74, 6) is 0.874. The molecule has 1 aliphatic carbocycles. The lowest BCUT2D eigenvalue weighted by Gasteiger charge is -2.30. The molecular weight excluding hydrogens is 258 g/mol.